The summed E-state index contributed by atoms with van der Waals surface area (Å²) in [7, 11) is 0. The van der Waals surface area contributed by atoms with Crippen molar-refractivity contribution in [2.45, 2.75) is 32.4 Å². The molecule has 1 aromatic carbocycles. The van der Waals surface area contributed by atoms with Crippen LogP contribution in [0, 0.1) is 17.2 Å². The lowest BCUT2D eigenvalue weighted by Crippen LogP contribution is -2.38. The number of nitriles is 1. The SMILES string of the molecule is C[C@@H](c1cccc(Cn2cc(-c3cc(-c4cccc(C#N)c4)nc(N)n3)nn2)n1)N1CCC(C(=O)O)CC1. The van der Waals surface area contributed by atoms with Crippen LogP contribution in [0.1, 0.15) is 42.8 Å². The fourth-order valence-electron chi connectivity index (χ4n) is 4.69. The number of piperidine rings is 1. The highest BCUT2D eigenvalue weighted by Gasteiger charge is 2.27. The van der Waals surface area contributed by atoms with E-state index in [9.17, 15) is 15.2 Å². The number of hydrogen-bond acceptors (Lipinski definition) is 9. The molecule has 0 radical (unpaired) electrons. The molecule has 3 N–H and O–H groups in total. The third-order valence-electron chi connectivity index (χ3n) is 6.84. The molecule has 5 rings (SSSR count). The summed E-state index contributed by atoms with van der Waals surface area (Å²) < 4.78 is 1.69. The highest BCUT2D eigenvalue weighted by Crippen LogP contribution is 2.27. The van der Waals surface area contributed by atoms with Gasteiger partial charge in [-0.3, -0.25) is 14.7 Å². The van der Waals surface area contributed by atoms with Crippen molar-refractivity contribution in [3.05, 3.63) is 71.7 Å². The Balaban J connectivity index is 1.31. The average molecular weight is 510 g/mol. The van der Waals surface area contributed by atoms with Crippen LogP contribution in [0.5, 0.6) is 0 Å². The number of carboxylic acid groups (broad SMARTS) is 1. The number of nitrogens with zero attached hydrogens (tertiary/aromatic N) is 8. The van der Waals surface area contributed by atoms with Crippen LogP contribution in [-0.4, -0.2) is 59.0 Å². The second-order valence-corrected chi connectivity index (χ2v) is 9.37. The molecule has 1 aliphatic heterocycles. The number of carboxylic acids is 1. The number of pyridine rings is 1. The maximum Gasteiger partial charge on any atom is 0.306 e. The Labute approximate surface area is 219 Å². The van der Waals surface area contributed by atoms with Crippen molar-refractivity contribution in [2.24, 2.45) is 5.92 Å². The van der Waals surface area contributed by atoms with Crippen molar-refractivity contribution >= 4 is 11.9 Å². The zero-order valence-electron chi connectivity index (χ0n) is 20.9. The minimum absolute atomic E-state index is 0.0814. The Bertz CT molecular complexity index is 1500. The van der Waals surface area contributed by atoms with Crippen molar-refractivity contribution in [2.75, 3.05) is 18.8 Å². The summed E-state index contributed by atoms with van der Waals surface area (Å²) in [6.45, 7) is 4.00. The maximum absolute atomic E-state index is 11.3. The van der Waals surface area contributed by atoms with Gasteiger partial charge >= 0.3 is 5.97 Å². The van der Waals surface area contributed by atoms with Crippen LogP contribution in [0.2, 0.25) is 0 Å². The minimum Gasteiger partial charge on any atom is -0.481 e. The molecule has 3 aromatic heterocycles. The summed E-state index contributed by atoms with van der Waals surface area (Å²) in [4.78, 5) is 27.0. The third-order valence-corrected chi connectivity index (χ3v) is 6.84. The minimum atomic E-state index is -0.710. The zero-order chi connectivity index (χ0) is 26.6. The van der Waals surface area contributed by atoms with Crippen molar-refractivity contribution in [3.63, 3.8) is 0 Å². The molecular weight excluding hydrogens is 482 g/mol. The van der Waals surface area contributed by atoms with Gasteiger partial charge in [0.25, 0.3) is 0 Å². The Kier molecular flexibility index (Phi) is 7.06. The summed E-state index contributed by atoms with van der Waals surface area (Å²) in [5.41, 5.74) is 10.7. The van der Waals surface area contributed by atoms with E-state index in [0.29, 0.717) is 42.0 Å². The second kappa shape index (κ2) is 10.7. The quantitative estimate of drug-likeness (QED) is 0.379. The third kappa shape index (κ3) is 5.50. The van der Waals surface area contributed by atoms with Gasteiger partial charge in [-0.05, 0) is 63.2 Å². The zero-order valence-corrected chi connectivity index (χ0v) is 20.9. The number of aromatic nitrogens is 6. The lowest BCUT2D eigenvalue weighted by atomic mass is 9.95. The standard InChI is InChI=1S/C27H27N9O2/c1-17(35-10-8-19(9-11-35)26(37)38)22-7-3-6-21(30-22)15-36-16-25(33-34-36)24-13-23(31-27(29)32-24)20-5-2-4-18(12-20)14-28/h2-7,12-13,16-17,19H,8-11,15H2,1H3,(H,37,38)(H2,29,31,32)/t17-/m0/s1. The molecule has 1 saturated heterocycles. The Morgan fingerprint density at radius 1 is 1.11 bits per heavy atom. The first-order valence-corrected chi connectivity index (χ1v) is 12.4. The van der Waals surface area contributed by atoms with Crippen molar-refractivity contribution in [1.82, 2.24) is 34.8 Å². The van der Waals surface area contributed by atoms with Gasteiger partial charge in [0.1, 0.15) is 5.69 Å². The Morgan fingerprint density at radius 3 is 2.63 bits per heavy atom. The van der Waals surface area contributed by atoms with Crippen LogP contribution >= 0.6 is 0 Å². The van der Waals surface area contributed by atoms with Gasteiger partial charge in [-0.25, -0.2) is 14.6 Å². The molecule has 0 spiro atoms. The summed E-state index contributed by atoms with van der Waals surface area (Å²) in [5.74, 6) is -0.868. The highest BCUT2D eigenvalue weighted by molar-refractivity contribution is 5.70. The topological polar surface area (TPSA) is 160 Å². The lowest BCUT2D eigenvalue weighted by molar-refractivity contribution is -0.143. The van der Waals surface area contributed by atoms with Gasteiger partial charge < -0.3 is 10.8 Å². The molecule has 1 aliphatic rings. The first kappa shape index (κ1) is 25.0. The van der Waals surface area contributed by atoms with Crippen LogP contribution in [0.3, 0.4) is 0 Å². The van der Waals surface area contributed by atoms with E-state index in [2.05, 4.69) is 38.2 Å². The number of carbonyl (C=O) groups is 1. The van der Waals surface area contributed by atoms with Gasteiger partial charge in [-0.2, -0.15) is 5.26 Å². The number of nitrogen functional groups attached to an aromatic ring is 1. The van der Waals surface area contributed by atoms with Crippen LogP contribution in [-0.2, 0) is 11.3 Å². The van der Waals surface area contributed by atoms with E-state index in [0.717, 1.165) is 30.0 Å². The van der Waals surface area contributed by atoms with Gasteiger partial charge in [0, 0.05) is 11.6 Å². The average Bonchev–Trinajstić information content (AvgIpc) is 3.41. The largest absolute Gasteiger partial charge is 0.481 e. The van der Waals surface area contributed by atoms with Gasteiger partial charge in [0.2, 0.25) is 5.95 Å². The number of hydrogen-bond donors (Lipinski definition) is 2. The maximum atomic E-state index is 11.3. The van der Waals surface area contributed by atoms with Crippen molar-refractivity contribution in [1.29, 1.82) is 5.26 Å². The molecule has 38 heavy (non-hydrogen) atoms. The van der Waals surface area contributed by atoms with Crippen molar-refractivity contribution in [3.8, 4) is 28.7 Å². The first-order valence-electron chi connectivity index (χ1n) is 12.4. The molecule has 0 saturated carbocycles. The van der Waals surface area contributed by atoms with E-state index in [1.165, 1.54) is 0 Å². The monoisotopic (exact) mass is 509 g/mol. The lowest BCUT2D eigenvalue weighted by Gasteiger charge is -2.34. The number of benzene rings is 1. The van der Waals surface area contributed by atoms with Gasteiger partial charge in [0.15, 0.2) is 0 Å². The molecule has 11 nitrogen and oxygen atoms in total. The second-order valence-electron chi connectivity index (χ2n) is 9.37. The molecule has 4 heterocycles. The van der Waals surface area contributed by atoms with Gasteiger partial charge in [0.05, 0.1) is 53.1 Å². The fourth-order valence-corrected chi connectivity index (χ4v) is 4.69. The number of anilines is 1. The highest BCUT2D eigenvalue weighted by atomic mass is 16.4. The van der Waals surface area contributed by atoms with Crippen molar-refractivity contribution < 1.29 is 9.90 Å². The molecule has 1 atom stereocenters. The molecule has 0 unspecified atom stereocenters. The number of rotatable bonds is 7. The molecule has 0 amide bonds. The number of likely N-dealkylation sites (tertiary alicyclic amines) is 1. The molecule has 0 aliphatic carbocycles. The van der Waals surface area contributed by atoms with Crippen LogP contribution in [0.25, 0.3) is 22.6 Å². The molecular formula is C27H27N9O2. The van der Waals surface area contributed by atoms with E-state index in [-0.39, 0.29) is 17.9 Å². The number of aliphatic carboxylic acids is 1. The summed E-state index contributed by atoms with van der Waals surface area (Å²) in [5, 5.41) is 27.0. The van der Waals surface area contributed by atoms with E-state index in [1.54, 1.807) is 35.1 Å². The van der Waals surface area contributed by atoms with E-state index in [4.69, 9.17) is 10.7 Å². The first-order chi connectivity index (χ1) is 18.4. The Morgan fingerprint density at radius 2 is 1.87 bits per heavy atom. The molecule has 1 fully saturated rings. The van der Waals surface area contributed by atoms with E-state index in [1.807, 2.05) is 24.3 Å². The molecule has 0 bridgehead atoms. The number of nitrogens with two attached hydrogens (primary N) is 1. The van der Waals surface area contributed by atoms with Crippen LogP contribution in [0.15, 0.2) is 54.7 Å². The fraction of sp³-hybridized carbons (Fsp3) is 0.296. The summed E-state index contributed by atoms with van der Waals surface area (Å²) >= 11 is 0. The van der Waals surface area contributed by atoms with Crippen LogP contribution in [0.4, 0.5) is 5.95 Å². The molecule has 11 heteroatoms. The molecule has 192 valence electrons. The smallest absolute Gasteiger partial charge is 0.306 e. The Hall–Kier alpha value is -4.69. The van der Waals surface area contributed by atoms with Gasteiger partial charge in [-0.15, -0.1) is 5.10 Å². The predicted octanol–water partition coefficient (Wildman–Crippen LogP) is 3.16. The predicted molar refractivity (Wildman–Crippen MR) is 139 cm³/mol. The van der Waals surface area contributed by atoms with E-state index >= 15 is 0 Å². The molecule has 4 aromatic rings. The normalized spacial score (nSPS) is 15.2. The summed E-state index contributed by atoms with van der Waals surface area (Å²) in [6.07, 6.45) is 3.09. The summed E-state index contributed by atoms with van der Waals surface area (Å²) in [6, 6.07) is 17.0. The van der Waals surface area contributed by atoms with Crippen LogP contribution < -0.4 is 5.73 Å². The van der Waals surface area contributed by atoms with E-state index < -0.39 is 5.97 Å². The van der Waals surface area contributed by atoms with Gasteiger partial charge in [-0.1, -0.05) is 23.4 Å².